The predicted octanol–water partition coefficient (Wildman–Crippen LogP) is 2.55. The number of hydrogen-bond acceptors (Lipinski definition) is 4. The summed E-state index contributed by atoms with van der Waals surface area (Å²) in [5.74, 6) is 1.71. The smallest absolute Gasteiger partial charge is 0.231 e. The van der Waals surface area contributed by atoms with E-state index in [0.29, 0.717) is 18.9 Å². The average Bonchev–Trinajstić information content (AvgIpc) is 3.20. The van der Waals surface area contributed by atoms with Gasteiger partial charge in [0.15, 0.2) is 11.5 Å². The number of nitrogens with zero attached hydrogens (tertiary/aromatic N) is 1. The molecule has 4 nitrogen and oxygen atoms in total. The quantitative estimate of drug-likeness (QED) is 0.866. The molecule has 1 heterocycles. The van der Waals surface area contributed by atoms with E-state index >= 15 is 0 Å². The third kappa shape index (κ3) is 2.91. The Balaban J connectivity index is 1.54. The lowest BCUT2D eigenvalue weighted by atomic mass is 10.1. The molecule has 2 atom stereocenters. The first-order chi connectivity index (χ1) is 9.65. The molecule has 2 unspecified atom stereocenters. The molecule has 0 radical (unpaired) electrons. The van der Waals surface area contributed by atoms with Gasteiger partial charge >= 0.3 is 0 Å². The Morgan fingerprint density at radius 3 is 2.75 bits per heavy atom. The fourth-order valence-corrected chi connectivity index (χ4v) is 2.63. The number of likely N-dealkylation sites (N-methyl/N-ethyl adjacent to an activating group) is 1. The third-order valence-corrected chi connectivity index (χ3v) is 4.43. The normalized spacial score (nSPS) is 20.2. The molecule has 110 valence electrons. The van der Waals surface area contributed by atoms with Crippen molar-refractivity contribution in [3.8, 4) is 11.5 Å². The first kappa shape index (κ1) is 13.7. The highest BCUT2D eigenvalue weighted by Crippen LogP contribution is 2.34. The molecule has 4 heteroatoms. The first-order valence-electron chi connectivity index (χ1n) is 7.50. The van der Waals surface area contributed by atoms with Crippen molar-refractivity contribution in [2.75, 3.05) is 20.4 Å². The van der Waals surface area contributed by atoms with Gasteiger partial charge in [-0.15, -0.1) is 0 Å². The highest BCUT2D eigenvalue weighted by Gasteiger charge is 2.29. The van der Waals surface area contributed by atoms with E-state index in [1.165, 1.54) is 18.4 Å². The molecule has 20 heavy (non-hydrogen) atoms. The molecule has 1 aliphatic carbocycles. The van der Waals surface area contributed by atoms with E-state index in [2.05, 4.69) is 43.2 Å². The second-order valence-corrected chi connectivity index (χ2v) is 5.99. The summed E-state index contributed by atoms with van der Waals surface area (Å²) in [6, 6.07) is 7.89. The Morgan fingerprint density at radius 1 is 1.25 bits per heavy atom. The number of ether oxygens (including phenoxy) is 2. The first-order valence-corrected chi connectivity index (χ1v) is 7.50. The Morgan fingerprint density at radius 2 is 2.00 bits per heavy atom. The van der Waals surface area contributed by atoms with E-state index in [-0.39, 0.29) is 0 Å². The average molecular weight is 276 g/mol. The summed E-state index contributed by atoms with van der Waals surface area (Å²) in [6.45, 7) is 5.82. The Labute approximate surface area is 121 Å². The molecule has 0 bridgehead atoms. The van der Waals surface area contributed by atoms with Crippen LogP contribution in [-0.4, -0.2) is 37.4 Å². The fraction of sp³-hybridized carbons (Fsp3) is 0.625. The van der Waals surface area contributed by atoms with Gasteiger partial charge < -0.3 is 14.8 Å². The van der Waals surface area contributed by atoms with Crippen molar-refractivity contribution >= 4 is 0 Å². The van der Waals surface area contributed by atoms with Gasteiger partial charge in [0.25, 0.3) is 0 Å². The van der Waals surface area contributed by atoms with E-state index in [1.807, 2.05) is 6.07 Å². The lowest BCUT2D eigenvalue weighted by molar-refractivity contribution is 0.174. The van der Waals surface area contributed by atoms with Crippen LogP contribution in [0.5, 0.6) is 11.5 Å². The van der Waals surface area contributed by atoms with Crippen LogP contribution in [0.25, 0.3) is 0 Å². The van der Waals surface area contributed by atoms with Gasteiger partial charge in [-0.25, -0.2) is 0 Å². The minimum atomic E-state index is 0.319. The Kier molecular flexibility index (Phi) is 3.85. The van der Waals surface area contributed by atoms with Crippen LogP contribution in [0.15, 0.2) is 18.2 Å². The Bertz CT molecular complexity index is 474. The van der Waals surface area contributed by atoms with Gasteiger partial charge in [-0.05, 0) is 51.4 Å². The van der Waals surface area contributed by atoms with Crippen LogP contribution in [0, 0.1) is 0 Å². The molecule has 1 N–H and O–H groups in total. The highest BCUT2D eigenvalue weighted by molar-refractivity contribution is 5.45. The maximum atomic E-state index is 5.43. The van der Waals surface area contributed by atoms with Crippen LogP contribution < -0.4 is 14.8 Å². The fourth-order valence-electron chi connectivity index (χ4n) is 2.63. The van der Waals surface area contributed by atoms with Crippen molar-refractivity contribution in [3.63, 3.8) is 0 Å². The second kappa shape index (κ2) is 5.62. The zero-order chi connectivity index (χ0) is 14.1. The van der Waals surface area contributed by atoms with Crippen LogP contribution in [0.4, 0.5) is 0 Å². The van der Waals surface area contributed by atoms with Gasteiger partial charge in [-0.1, -0.05) is 6.07 Å². The van der Waals surface area contributed by atoms with Crippen molar-refractivity contribution < 1.29 is 9.47 Å². The molecular formula is C16H24N2O2. The standard InChI is InChI=1S/C16H24N2O2/c1-11(18(3)14-5-6-14)9-17-12(2)13-4-7-15-16(8-13)20-10-19-15/h4,7-8,11-12,14,17H,5-6,9-10H2,1-3H3. The lowest BCUT2D eigenvalue weighted by Crippen LogP contribution is -2.39. The number of nitrogens with one attached hydrogen (secondary N) is 1. The molecule has 0 aromatic heterocycles. The Hall–Kier alpha value is -1.26. The van der Waals surface area contributed by atoms with Gasteiger partial charge in [0.05, 0.1) is 0 Å². The van der Waals surface area contributed by atoms with Crippen LogP contribution in [0.3, 0.4) is 0 Å². The van der Waals surface area contributed by atoms with Gasteiger partial charge in [-0.3, -0.25) is 4.90 Å². The summed E-state index contributed by atoms with van der Waals surface area (Å²) < 4.78 is 10.8. The number of benzene rings is 1. The van der Waals surface area contributed by atoms with Crippen molar-refractivity contribution in [2.45, 2.75) is 44.8 Å². The van der Waals surface area contributed by atoms with Crippen molar-refractivity contribution in [1.82, 2.24) is 10.2 Å². The van der Waals surface area contributed by atoms with Crippen LogP contribution in [0.1, 0.15) is 38.3 Å². The van der Waals surface area contributed by atoms with Crippen molar-refractivity contribution in [2.24, 2.45) is 0 Å². The van der Waals surface area contributed by atoms with E-state index in [9.17, 15) is 0 Å². The van der Waals surface area contributed by atoms with Gasteiger partial charge in [0.1, 0.15) is 0 Å². The molecule has 1 saturated carbocycles. The van der Waals surface area contributed by atoms with Gasteiger partial charge in [-0.2, -0.15) is 0 Å². The van der Waals surface area contributed by atoms with E-state index < -0.39 is 0 Å². The zero-order valence-corrected chi connectivity index (χ0v) is 12.6. The molecule has 1 aromatic carbocycles. The van der Waals surface area contributed by atoms with E-state index in [4.69, 9.17) is 9.47 Å². The summed E-state index contributed by atoms with van der Waals surface area (Å²) >= 11 is 0. The molecule has 1 aromatic rings. The van der Waals surface area contributed by atoms with Crippen LogP contribution in [-0.2, 0) is 0 Å². The third-order valence-electron chi connectivity index (χ3n) is 4.43. The van der Waals surface area contributed by atoms with Crippen molar-refractivity contribution in [1.29, 1.82) is 0 Å². The molecule has 1 fully saturated rings. The topological polar surface area (TPSA) is 33.7 Å². The summed E-state index contributed by atoms with van der Waals surface area (Å²) in [6.07, 6.45) is 2.72. The lowest BCUT2D eigenvalue weighted by Gasteiger charge is -2.26. The van der Waals surface area contributed by atoms with Gasteiger partial charge in [0.2, 0.25) is 6.79 Å². The SMILES string of the molecule is CC(NCC(C)N(C)C1CC1)c1ccc2c(c1)OCO2. The number of fused-ring (bicyclic) bond motifs is 1. The van der Waals surface area contributed by atoms with E-state index in [0.717, 1.165) is 24.1 Å². The van der Waals surface area contributed by atoms with Crippen molar-refractivity contribution in [3.05, 3.63) is 23.8 Å². The molecule has 2 aliphatic rings. The summed E-state index contributed by atoms with van der Waals surface area (Å²) in [5, 5.41) is 3.62. The van der Waals surface area contributed by atoms with Crippen LogP contribution in [0.2, 0.25) is 0 Å². The molecule has 0 amide bonds. The highest BCUT2D eigenvalue weighted by atomic mass is 16.7. The summed E-state index contributed by atoms with van der Waals surface area (Å²) in [7, 11) is 2.23. The zero-order valence-electron chi connectivity index (χ0n) is 12.6. The molecule has 0 spiro atoms. The number of rotatable bonds is 6. The second-order valence-electron chi connectivity index (χ2n) is 5.99. The van der Waals surface area contributed by atoms with E-state index in [1.54, 1.807) is 0 Å². The summed E-state index contributed by atoms with van der Waals surface area (Å²) in [4.78, 5) is 2.49. The maximum absolute atomic E-state index is 5.43. The predicted molar refractivity (Wildman–Crippen MR) is 79.2 cm³/mol. The van der Waals surface area contributed by atoms with Crippen LogP contribution >= 0.6 is 0 Å². The minimum Gasteiger partial charge on any atom is -0.454 e. The maximum Gasteiger partial charge on any atom is 0.231 e. The monoisotopic (exact) mass is 276 g/mol. The number of hydrogen-bond donors (Lipinski definition) is 1. The molecule has 1 aliphatic heterocycles. The minimum absolute atomic E-state index is 0.319. The summed E-state index contributed by atoms with van der Waals surface area (Å²) in [5.41, 5.74) is 1.25. The molecular weight excluding hydrogens is 252 g/mol. The molecule has 0 saturated heterocycles. The largest absolute Gasteiger partial charge is 0.454 e. The molecule has 3 rings (SSSR count). The van der Waals surface area contributed by atoms with Gasteiger partial charge in [0, 0.05) is 24.7 Å².